The van der Waals surface area contributed by atoms with E-state index in [1.54, 1.807) is 0 Å². The number of nitrogens with zero attached hydrogens (tertiary/aromatic N) is 3. The van der Waals surface area contributed by atoms with Crippen LogP contribution in [0.1, 0.15) is 0 Å². The lowest BCUT2D eigenvalue weighted by Crippen LogP contribution is -2.48. The van der Waals surface area contributed by atoms with Crippen LogP contribution < -0.4 is 11.2 Å². The highest BCUT2D eigenvalue weighted by Crippen LogP contribution is 1.91. The predicted octanol–water partition coefficient (Wildman–Crippen LogP) is -1.86. The zero-order chi connectivity index (χ0) is 12.0. The van der Waals surface area contributed by atoms with Gasteiger partial charge in [-0.3, -0.25) is 5.41 Å². The Bertz CT molecular complexity index is 300. The number of carbonyl (C=O) groups is 1. The number of nitrogens with one attached hydrogen (secondary N) is 2. The van der Waals surface area contributed by atoms with Crippen LogP contribution in [-0.4, -0.2) is 27.2 Å². The van der Waals surface area contributed by atoms with E-state index in [1.807, 2.05) is 0 Å². The van der Waals surface area contributed by atoms with Crippen molar-refractivity contribution in [3.8, 4) is 0 Å². The molecule has 0 rings (SSSR count). The van der Waals surface area contributed by atoms with Crippen molar-refractivity contribution in [1.82, 2.24) is 10.5 Å². The van der Waals surface area contributed by atoms with Crippen molar-refractivity contribution in [2.45, 2.75) is 0 Å². The Balaban J connectivity index is 4.36. The van der Waals surface area contributed by atoms with E-state index in [2.05, 4.69) is 15.6 Å². The standard InChI is InChI=1S/C2H4N6O7/c3-1(4)6(15-8(12)13)2(9)5-14-7(10)11/h(H3,3,4)(H,5,9). The summed E-state index contributed by atoms with van der Waals surface area (Å²) in [5.41, 5.74) is 5.79. The minimum absolute atomic E-state index is 0.372. The topological polar surface area (TPSA) is 187 Å². The summed E-state index contributed by atoms with van der Waals surface area (Å²) < 4.78 is 0. The fraction of sp³-hybridized carbons (Fsp3) is 0. The number of guanidine groups is 1. The molecular weight excluding hydrogens is 220 g/mol. The second-order valence-corrected chi connectivity index (χ2v) is 1.71. The summed E-state index contributed by atoms with van der Waals surface area (Å²) in [6.07, 6.45) is 0. The Labute approximate surface area is 79.9 Å². The second kappa shape index (κ2) is 5.00. The van der Waals surface area contributed by atoms with Crippen molar-refractivity contribution in [2.24, 2.45) is 5.73 Å². The van der Waals surface area contributed by atoms with Gasteiger partial charge in [0.25, 0.3) is 0 Å². The molecule has 0 aliphatic rings. The molecule has 0 radical (unpaired) electrons. The molecule has 0 aliphatic heterocycles. The van der Waals surface area contributed by atoms with Gasteiger partial charge in [0.05, 0.1) is 0 Å². The van der Waals surface area contributed by atoms with Crippen molar-refractivity contribution in [3.63, 3.8) is 0 Å². The monoisotopic (exact) mass is 224 g/mol. The lowest BCUT2D eigenvalue weighted by atomic mass is 10.9. The largest absolute Gasteiger partial charge is 0.372 e. The van der Waals surface area contributed by atoms with E-state index in [9.17, 15) is 25.0 Å². The van der Waals surface area contributed by atoms with E-state index in [0.29, 0.717) is 0 Å². The molecule has 0 atom stereocenters. The maximum atomic E-state index is 10.8. The molecule has 0 aromatic carbocycles. The Morgan fingerprint density at radius 3 is 2.27 bits per heavy atom. The average Bonchev–Trinajstić information content (AvgIpc) is 2.09. The predicted molar refractivity (Wildman–Crippen MR) is 38.4 cm³/mol. The van der Waals surface area contributed by atoms with Crippen LogP contribution in [0.5, 0.6) is 0 Å². The van der Waals surface area contributed by atoms with E-state index >= 15 is 0 Å². The molecule has 0 heterocycles. The minimum atomic E-state index is -1.61. The molecule has 4 N–H and O–H groups in total. The number of hydrogen-bond donors (Lipinski definition) is 3. The molecule has 84 valence electrons. The number of hydroxylamine groups is 3. The molecule has 0 aliphatic carbocycles. The summed E-state index contributed by atoms with van der Waals surface area (Å²) >= 11 is 0. The Kier molecular flexibility index (Phi) is 4.04. The molecule has 0 aromatic heterocycles. The summed E-state index contributed by atoms with van der Waals surface area (Å²) in [5, 5.41) is 22.8. The molecule has 13 nitrogen and oxygen atoms in total. The van der Waals surface area contributed by atoms with E-state index in [-0.39, 0.29) is 5.06 Å². The molecule has 0 spiro atoms. The fourth-order valence-corrected chi connectivity index (χ4v) is 0.375. The molecule has 2 amide bonds. The van der Waals surface area contributed by atoms with Crippen molar-refractivity contribution < 1.29 is 24.8 Å². The Morgan fingerprint density at radius 2 is 1.93 bits per heavy atom. The molecular formula is C2H4N6O7. The van der Waals surface area contributed by atoms with Crippen LogP contribution in [0.2, 0.25) is 0 Å². The lowest BCUT2D eigenvalue weighted by Gasteiger charge is -2.15. The zero-order valence-electron chi connectivity index (χ0n) is 6.78. The van der Waals surface area contributed by atoms with Gasteiger partial charge in [-0.15, -0.1) is 20.2 Å². The van der Waals surface area contributed by atoms with Gasteiger partial charge in [-0.1, -0.05) is 5.06 Å². The maximum absolute atomic E-state index is 10.8. The average molecular weight is 224 g/mol. The minimum Gasteiger partial charge on any atom is -0.368 e. The van der Waals surface area contributed by atoms with Crippen molar-refractivity contribution >= 4 is 12.0 Å². The van der Waals surface area contributed by atoms with Gasteiger partial charge in [0.1, 0.15) is 0 Å². The van der Waals surface area contributed by atoms with Crippen molar-refractivity contribution in [1.29, 1.82) is 5.41 Å². The van der Waals surface area contributed by atoms with Gasteiger partial charge in [0.2, 0.25) is 5.96 Å². The molecule has 0 saturated heterocycles. The Morgan fingerprint density at radius 1 is 1.40 bits per heavy atom. The van der Waals surface area contributed by atoms with E-state index in [1.165, 1.54) is 0 Å². The highest BCUT2D eigenvalue weighted by atomic mass is 17.0. The van der Waals surface area contributed by atoms with Crippen LogP contribution in [0.15, 0.2) is 0 Å². The highest BCUT2D eigenvalue weighted by molar-refractivity contribution is 5.91. The smallest absolute Gasteiger partial charge is 0.368 e. The number of hydrogen-bond acceptors (Lipinski definition) is 8. The first kappa shape index (κ1) is 12.1. The summed E-state index contributed by atoms with van der Waals surface area (Å²) in [6, 6.07) is -1.61. The second-order valence-electron chi connectivity index (χ2n) is 1.71. The first-order chi connectivity index (χ1) is 6.84. The maximum Gasteiger partial charge on any atom is 0.372 e. The van der Waals surface area contributed by atoms with E-state index in [0.717, 1.165) is 5.48 Å². The fourth-order valence-electron chi connectivity index (χ4n) is 0.375. The molecule has 0 bridgehead atoms. The molecule has 0 aromatic rings. The quantitative estimate of drug-likeness (QED) is 0.214. The van der Waals surface area contributed by atoms with Gasteiger partial charge in [-0.25, -0.2) is 4.79 Å². The van der Waals surface area contributed by atoms with Crippen molar-refractivity contribution in [3.05, 3.63) is 20.2 Å². The number of carbonyl (C=O) groups excluding carboxylic acids is 1. The summed E-state index contributed by atoms with van der Waals surface area (Å²) in [7, 11) is 0. The molecule has 0 fully saturated rings. The SMILES string of the molecule is N=C(N)N(O[N+](=O)[O-])C(=O)NO[N+](=O)[O-]. The Hall–Kier alpha value is -2.86. The number of urea groups is 1. The lowest BCUT2D eigenvalue weighted by molar-refractivity contribution is -0.798. The van der Waals surface area contributed by atoms with Crippen LogP contribution in [0, 0.1) is 25.6 Å². The zero-order valence-corrected chi connectivity index (χ0v) is 6.78. The van der Waals surface area contributed by atoms with Gasteiger partial charge in [-0.2, -0.15) is 15.4 Å². The van der Waals surface area contributed by atoms with Gasteiger partial charge in [0.15, 0.2) is 0 Å². The van der Waals surface area contributed by atoms with Gasteiger partial charge >= 0.3 is 16.2 Å². The first-order valence-corrected chi connectivity index (χ1v) is 2.92. The summed E-state index contributed by atoms with van der Waals surface area (Å²) in [4.78, 5) is 37.0. The molecule has 0 saturated carbocycles. The molecule has 0 unspecified atom stereocenters. The third-order valence-corrected chi connectivity index (χ3v) is 0.759. The normalized spacial score (nSPS) is 8.53. The third kappa shape index (κ3) is 4.65. The summed E-state index contributed by atoms with van der Waals surface area (Å²) in [5.74, 6) is -1.17. The van der Waals surface area contributed by atoms with Crippen LogP contribution in [0.4, 0.5) is 4.79 Å². The number of amides is 2. The first-order valence-electron chi connectivity index (χ1n) is 2.92. The van der Waals surface area contributed by atoms with Crippen LogP contribution >= 0.6 is 0 Å². The van der Waals surface area contributed by atoms with E-state index in [4.69, 9.17) is 5.41 Å². The number of rotatable bonds is 4. The van der Waals surface area contributed by atoms with Crippen LogP contribution in [0.25, 0.3) is 0 Å². The van der Waals surface area contributed by atoms with Gasteiger partial charge in [0, 0.05) is 0 Å². The third-order valence-electron chi connectivity index (χ3n) is 0.759. The van der Waals surface area contributed by atoms with Crippen LogP contribution in [0.3, 0.4) is 0 Å². The molecule has 13 heteroatoms. The number of nitrogens with two attached hydrogens (primary N) is 1. The van der Waals surface area contributed by atoms with Gasteiger partial charge in [-0.05, 0) is 0 Å². The van der Waals surface area contributed by atoms with Crippen molar-refractivity contribution in [2.75, 3.05) is 0 Å². The highest BCUT2D eigenvalue weighted by Gasteiger charge is 2.21. The van der Waals surface area contributed by atoms with E-state index < -0.39 is 22.2 Å². The summed E-state index contributed by atoms with van der Waals surface area (Å²) in [6.45, 7) is 0. The molecule has 15 heavy (non-hydrogen) atoms. The van der Waals surface area contributed by atoms with Crippen LogP contribution in [-0.2, 0) is 9.88 Å². The van der Waals surface area contributed by atoms with Gasteiger partial charge < -0.3 is 5.73 Å².